The molecular formula is C25H22N4O2S. The van der Waals surface area contributed by atoms with Gasteiger partial charge in [0.05, 0.1) is 11.4 Å². The average molecular weight is 443 g/mol. The van der Waals surface area contributed by atoms with Crippen LogP contribution in [0.5, 0.6) is 0 Å². The number of rotatable bonds is 4. The lowest BCUT2D eigenvalue weighted by Crippen LogP contribution is -2.22. The minimum Gasteiger partial charge on any atom is -0.322 e. The Labute approximate surface area is 189 Å². The molecule has 3 aromatic carbocycles. The van der Waals surface area contributed by atoms with Gasteiger partial charge in [0.2, 0.25) is 0 Å². The molecule has 7 heteroatoms. The fraction of sp³-hybridized carbons (Fsp3) is 0.120. The van der Waals surface area contributed by atoms with E-state index in [1.807, 2.05) is 55.5 Å². The first-order valence-corrected chi connectivity index (χ1v) is 11.5. The molecule has 0 bridgehead atoms. The summed E-state index contributed by atoms with van der Waals surface area (Å²) in [6.07, 6.45) is 1.81. The topological polar surface area (TPSA) is 74.3 Å². The maximum Gasteiger partial charge on any atom is 0.255 e. The number of nitrogens with one attached hydrogen (secondary N) is 2. The lowest BCUT2D eigenvalue weighted by Gasteiger charge is -2.15. The van der Waals surface area contributed by atoms with Crippen LogP contribution in [-0.4, -0.2) is 28.2 Å². The van der Waals surface area contributed by atoms with E-state index in [0.29, 0.717) is 18.7 Å². The molecule has 1 unspecified atom stereocenters. The summed E-state index contributed by atoms with van der Waals surface area (Å²) >= 11 is -1.22. The molecule has 2 heterocycles. The van der Waals surface area contributed by atoms with Crippen LogP contribution in [-0.2, 0) is 11.2 Å². The van der Waals surface area contributed by atoms with Gasteiger partial charge >= 0.3 is 0 Å². The van der Waals surface area contributed by atoms with Crippen molar-refractivity contribution in [3.8, 4) is 11.3 Å². The van der Waals surface area contributed by atoms with Crippen molar-refractivity contribution in [3.63, 3.8) is 0 Å². The summed E-state index contributed by atoms with van der Waals surface area (Å²) in [5, 5.41) is 5.22. The Hall–Kier alpha value is -3.55. The van der Waals surface area contributed by atoms with Crippen LogP contribution < -0.4 is 14.3 Å². The number of carbonyl (C=O) groups is 1. The largest absolute Gasteiger partial charge is 0.322 e. The second-order valence-electron chi connectivity index (χ2n) is 7.66. The Morgan fingerprint density at radius 1 is 1.06 bits per heavy atom. The quantitative estimate of drug-likeness (QED) is 0.490. The van der Waals surface area contributed by atoms with E-state index in [-0.39, 0.29) is 5.91 Å². The van der Waals surface area contributed by atoms with E-state index in [2.05, 4.69) is 27.2 Å². The predicted octanol–water partition coefficient (Wildman–Crippen LogP) is 4.45. The first-order valence-electron chi connectivity index (χ1n) is 10.4. The van der Waals surface area contributed by atoms with Crippen LogP contribution in [0, 0.1) is 6.92 Å². The molecule has 0 aliphatic carbocycles. The molecule has 1 amide bonds. The number of benzene rings is 3. The predicted molar refractivity (Wildman–Crippen MR) is 130 cm³/mol. The molecule has 5 rings (SSSR count). The number of hydrogen-bond donors (Lipinski definition) is 2. The molecular weight excluding hydrogens is 420 g/mol. The van der Waals surface area contributed by atoms with Gasteiger partial charge in [0.1, 0.15) is 0 Å². The van der Waals surface area contributed by atoms with E-state index in [4.69, 9.17) is 0 Å². The van der Waals surface area contributed by atoms with E-state index in [0.717, 1.165) is 39.0 Å². The lowest BCUT2D eigenvalue weighted by molar-refractivity contribution is 0.102. The van der Waals surface area contributed by atoms with Gasteiger partial charge < -0.3 is 5.32 Å². The molecule has 2 N–H and O–H groups in total. The third kappa shape index (κ3) is 3.88. The number of carbonyl (C=O) groups excluding carboxylic acids is 1. The van der Waals surface area contributed by atoms with Crippen LogP contribution in [0.4, 0.5) is 11.4 Å². The van der Waals surface area contributed by atoms with Crippen LogP contribution in [0.2, 0.25) is 0 Å². The van der Waals surface area contributed by atoms with Crippen molar-refractivity contribution in [3.05, 3.63) is 90.1 Å². The zero-order valence-corrected chi connectivity index (χ0v) is 18.4. The maximum absolute atomic E-state index is 12.9. The van der Waals surface area contributed by atoms with Crippen molar-refractivity contribution >= 4 is 39.2 Å². The molecule has 1 fully saturated rings. The Balaban J connectivity index is 1.41. The molecule has 1 aromatic heterocycles. The highest BCUT2D eigenvalue weighted by molar-refractivity contribution is 7.84. The summed E-state index contributed by atoms with van der Waals surface area (Å²) in [6, 6.07) is 23.3. The van der Waals surface area contributed by atoms with Crippen LogP contribution in [0.3, 0.4) is 0 Å². The molecule has 6 nitrogen and oxygen atoms in total. The van der Waals surface area contributed by atoms with Crippen LogP contribution in [0.15, 0.2) is 79.0 Å². The summed E-state index contributed by atoms with van der Waals surface area (Å²) in [5.74, 6) is -0.191. The van der Waals surface area contributed by atoms with Gasteiger partial charge in [-0.15, -0.1) is 0 Å². The molecule has 1 aliphatic heterocycles. The molecule has 4 aromatic rings. The Morgan fingerprint density at radius 3 is 2.66 bits per heavy atom. The zero-order chi connectivity index (χ0) is 22.1. The number of amides is 1. The van der Waals surface area contributed by atoms with Crippen LogP contribution in [0.25, 0.3) is 22.0 Å². The fourth-order valence-corrected chi connectivity index (χ4v) is 4.84. The molecule has 0 saturated carbocycles. The Bertz CT molecular complexity index is 1330. The molecule has 1 atom stereocenters. The second kappa shape index (κ2) is 8.53. The maximum atomic E-state index is 12.9. The highest BCUT2D eigenvalue weighted by Crippen LogP contribution is 2.30. The number of fused-ring (bicyclic) bond motifs is 1. The summed E-state index contributed by atoms with van der Waals surface area (Å²) in [7, 11) is 0. The highest BCUT2D eigenvalue weighted by Gasteiger charge is 2.20. The van der Waals surface area contributed by atoms with Crippen LogP contribution in [0.1, 0.15) is 15.9 Å². The first-order chi connectivity index (χ1) is 15.6. The van der Waals surface area contributed by atoms with E-state index in [9.17, 15) is 9.00 Å². The monoisotopic (exact) mass is 442 g/mol. The smallest absolute Gasteiger partial charge is 0.255 e. The average Bonchev–Trinajstić information content (AvgIpc) is 3.26. The number of hydrogen-bond acceptors (Lipinski definition) is 3. The molecule has 32 heavy (non-hydrogen) atoms. The number of aromatic nitrogens is 1. The van der Waals surface area contributed by atoms with Crippen molar-refractivity contribution in [2.75, 3.05) is 22.7 Å². The standard InChI is InChI=1S/C25H22N4O2S/c1-17-6-7-20(24-22-5-3-2-4-18(22)12-13-26-24)16-23(17)28-25(30)19-8-10-21(11-9-19)29-15-14-27-32(29)31/h2-13,16,27H,14-15H2,1H3,(H,28,30). The highest BCUT2D eigenvalue weighted by atomic mass is 32.2. The number of anilines is 2. The first kappa shape index (κ1) is 20.4. The van der Waals surface area contributed by atoms with E-state index >= 15 is 0 Å². The van der Waals surface area contributed by atoms with Gasteiger partial charge in [-0.2, -0.15) is 0 Å². The van der Waals surface area contributed by atoms with Crippen molar-refractivity contribution in [2.45, 2.75) is 6.92 Å². The Morgan fingerprint density at radius 2 is 1.88 bits per heavy atom. The summed E-state index contributed by atoms with van der Waals surface area (Å²) < 4.78 is 16.6. The Kier molecular flexibility index (Phi) is 5.43. The summed E-state index contributed by atoms with van der Waals surface area (Å²) in [5.41, 5.74) is 4.91. The molecule has 160 valence electrons. The van der Waals surface area contributed by atoms with E-state index in [1.165, 1.54) is 0 Å². The SMILES string of the molecule is Cc1ccc(-c2nccc3ccccc23)cc1NC(=O)c1ccc(N2CCNS2=O)cc1. The van der Waals surface area contributed by atoms with E-state index < -0.39 is 11.2 Å². The number of aryl methyl sites for hydroxylation is 1. The van der Waals surface area contributed by atoms with Crippen molar-refractivity contribution in [1.29, 1.82) is 0 Å². The fourth-order valence-electron chi connectivity index (χ4n) is 3.85. The third-order valence-electron chi connectivity index (χ3n) is 5.59. The van der Waals surface area contributed by atoms with Gasteiger partial charge in [-0.3, -0.25) is 14.1 Å². The summed E-state index contributed by atoms with van der Waals surface area (Å²) in [6.45, 7) is 3.32. The van der Waals surface area contributed by atoms with Crippen molar-refractivity contribution in [1.82, 2.24) is 9.71 Å². The minimum absolute atomic E-state index is 0.191. The van der Waals surface area contributed by atoms with Gasteiger partial charge in [0.25, 0.3) is 5.91 Å². The van der Waals surface area contributed by atoms with Gasteiger partial charge in [-0.1, -0.05) is 36.4 Å². The molecule has 0 radical (unpaired) electrons. The van der Waals surface area contributed by atoms with Gasteiger partial charge in [0, 0.05) is 41.5 Å². The van der Waals surface area contributed by atoms with Crippen LogP contribution >= 0.6 is 0 Å². The van der Waals surface area contributed by atoms with Crippen molar-refractivity contribution < 1.29 is 9.00 Å². The minimum atomic E-state index is -1.22. The lowest BCUT2D eigenvalue weighted by atomic mass is 10.0. The molecule has 1 aliphatic rings. The third-order valence-corrected chi connectivity index (χ3v) is 6.84. The zero-order valence-electron chi connectivity index (χ0n) is 17.5. The van der Waals surface area contributed by atoms with E-state index in [1.54, 1.807) is 22.6 Å². The van der Waals surface area contributed by atoms with Gasteiger partial charge in [-0.25, -0.2) is 8.93 Å². The summed E-state index contributed by atoms with van der Waals surface area (Å²) in [4.78, 5) is 17.5. The number of nitrogens with zero attached hydrogens (tertiary/aromatic N) is 2. The molecule has 0 spiro atoms. The number of pyridine rings is 1. The normalized spacial score (nSPS) is 15.8. The second-order valence-corrected chi connectivity index (χ2v) is 8.88. The van der Waals surface area contributed by atoms with Crippen molar-refractivity contribution in [2.24, 2.45) is 0 Å². The van der Waals surface area contributed by atoms with Gasteiger partial charge in [0.15, 0.2) is 11.2 Å². The molecule has 1 saturated heterocycles. The van der Waals surface area contributed by atoms with Gasteiger partial charge in [-0.05, 0) is 54.3 Å².